The van der Waals surface area contributed by atoms with Crippen molar-refractivity contribution >= 4 is 50.0 Å². The molecule has 0 saturated carbocycles. The van der Waals surface area contributed by atoms with Gasteiger partial charge in [-0.1, -0.05) is 29.3 Å². The number of benzene rings is 2. The molecule has 1 heterocycles. The Morgan fingerprint density at radius 2 is 1.90 bits per heavy atom. The molecule has 0 aliphatic carbocycles. The third-order valence-electron chi connectivity index (χ3n) is 4.28. The van der Waals surface area contributed by atoms with E-state index in [1.165, 1.54) is 0 Å². The SMILES string of the molecule is O=C(O)CS(=O)(=O)CCCc1coc2cc(OCc3ccc(Cl)cc3Cl)ccc12. The Kier molecular flexibility index (Phi) is 6.72. The maximum absolute atomic E-state index is 11.7. The molecule has 0 spiro atoms. The molecule has 0 amide bonds. The Labute approximate surface area is 177 Å². The van der Waals surface area contributed by atoms with Gasteiger partial charge in [0, 0.05) is 27.1 Å². The van der Waals surface area contributed by atoms with E-state index in [2.05, 4.69) is 0 Å². The molecule has 0 bridgehead atoms. The van der Waals surface area contributed by atoms with E-state index in [9.17, 15) is 13.2 Å². The van der Waals surface area contributed by atoms with Crippen LogP contribution in [0.1, 0.15) is 17.5 Å². The topological polar surface area (TPSA) is 93.8 Å². The molecule has 0 unspecified atom stereocenters. The van der Waals surface area contributed by atoms with Crippen molar-refractivity contribution in [3.8, 4) is 5.75 Å². The van der Waals surface area contributed by atoms with Crippen LogP contribution in [0.5, 0.6) is 5.75 Å². The Morgan fingerprint density at radius 3 is 2.62 bits per heavy atom. The number of hydrogen-bond acceptors (Lipinski definition) is 5. The Morgan fingerprint density at radius 1 is 1.10 bits per heavy atom. The summed E-state index contributed by atoms with van der Waals surface area (Å²) in [5.41, 5.74) is 2.28. The fourth-order valence-electron chi connectivity index (χ4n) is 2.89. The highest BCUT2D eigenvalue weighted by atomic mass is 35.5. The second-order valence-electron chi connectivity index (χ2n) is 6.53. The first-order valence-electron chi connectivity index (χ1n) is 8.72. The van der Waals surface area contributed by atoms with Gasteiger partial charge in [-0.15, -0.1) is 0 Å². The summed E-state index contributed by atoms with van der Waals surface area (Å²) in [7, 11) is -3.60. The number of halogens is 2. The first kappa shape index (κ1) is 21.5. The molecule has 3 aromatic rings. The third-order valence-corrected chi connectivity index (χ3v) is 6.47. The number of ether oxygens (including phenoxy) is 1. The van der Waals surface area contributed by atoms with E-state index in [4.69, 9.17) is 37.5 Å². The lowest BCUT2D eigenvalue weighted by Gasteiger charge is -2.08. The van der Waals surface area contributed by atoms with Crippen LogP contribution in [0.15, 0.2) is 47.1 Å². The van der Waals surface area contributed by atoms with Crippen molar-refractivity contribution in [2.75, 3.05) is 11.5 Å². The van der Waals surface area contributed by atoms with Gasteiger partial charge in [-0.05, 0) is 42.7 Å². The lowest BCUT2D eigenvalue weighted by molar-refractivity contribution is -0.134. The molecule has 2 aromatic carbocycles. The Balaban J connectivity index is 1.63. The average molecular weight is 457 g/mol. The molecular weight excluding hydrogens is 439 g/mol. The second kappa shape index (κ2) is 9.07. The molecule has 9 heteroatoms. The number of fused-ring (bicyclic) bond motifs is 1. The van der Waals surface area contributed by atoms with Crippen LogP contribution in [-0.4, -0.2) is 31.0 Å². The van der Waals surface area contributed by atoms with Gasteiger partial charge in [0.1, 0.15) is 23.7 Å². The minimum absolute atomic E-state index is 0.185. The predicted molar refractivity (Wildman–Crippen MR) is 112 cm³/mol. The van der Waals surface area contributed by atoms with Crippen LogP contribution in [0.25, 0.3) is 11.0 Å². The van der Waals surface area contributed by atoms with Gasteiger partial charge in [0.2, 0.25) is 0 Å². The first-order chi connectivity index (χ1) is 13.7. The molecule has 0 atom stereocenters. The number of rotatable bonds is 9. The number of sulfone groups is 1. The van der Waals surface area contributed by atoms with Gasteiger partial charge in [-0.25, -0.2) is 8.42 Å². The summed E-state index contributed by atoms with van der Waals surface area (Å²) in [4.78, 5) is 10.6. The maximum atomic E-state index is 11.7. The summed E-state index contributed by atoms with van der Waals surface area (Å²) in [6.45, 7) is 0.274. The van der Waals surface area contributed by atoms with Crippen molar-refractivity contribution in [2.45, 2.75) is 19.4 Å². The number of carboxylic acids is 1. The molecule has 3 rings (SSSR count). The Hall–Kier alpha value is -2.22. The normalized spacial score (nSPS) is 11.7. The van der Waals surface area contributed by atoms with Crippen LogP contribution in [0.2, 0.25) is 10.0 Å². The number of furan rings is 1. The highest BCUT2D eigenvalue weighted by molar-refractivity contribution is 7.92. The maximum Gasteiger partial charge on any atom is 0.318 e. The quantitative estimate of drug-likeness (QED) is 0.499. The third kappa shape index (κ3) is 5.88. The molecule has 0 radical (unpaired) electrons. The molecule has 1 aromatic heterocycles. The van der Waals surface area contributed by atoms with E-state index in [0.717, 1.165) is 16.5 Å². The highest BCUT2D eigenvalue weighted by Gasteiger charge is 2.16. The average Bonchev–Trinajstić information content (AvgIpc) is 3.02. The van der Waals surface area contributed by atoms with Crippen molar-refractivity contribution in [3.63, 3.8) is 0 Å². The zero-order valence-corrected chi connectivity index (χ0v) is 17.6. The molecule has 0 saturated heterocycles. The van der Waals surface area contributed by atoms with Gasteiger partial charge < -0.3 is 14.3 Å². The van der Waals surface area contributed by atoms with Gasteiger partial charge >= 0.3 is 5.97 Å². The lowest BCUT2D eigenvalue weighted by Crippen LogP contribution is -2.18. The standard InChI is InChI=1S/C20H18Cl2O6S/c21-15-4-3-14(18(22)8-15)11-27-16-5-6-17-13(10-28-19(17)9-16)2-1-7-29(25,26)12-20(23)24/h3-6,8-10H,1-2,7,11-12H2,(H,23,24). The fraction of sp³-hybridized carbons (Fsp3) is 0.250. The fourth-order valence-corrected chi connectivity index (χ4v) is 4.46. The van der Waals surface area contributed by atoms with Crippen molar-refractivity contribution in [1.82, 2.24) is 0 Å². The Bertz CT molecular complexity index is 1140. The molecule has 0 aliphatic heterocycles. The summed E-state index contributed by atoms with van der Waals surface area (Å²) in [6, 6.07) is 10.6. The number of aryl methyl sites for hydroxylation is 1. The van der Waals surface area contributed by atoms with Gasteiger partial charge in [0.05, 0.1) is 12.0 Å². The molecule has 6 nitrogen and oxygen atoms in total. The van der Waals surface area contributed by atoms with Crippen molar-refractivity contribution < 1.29 is 27.5 Å². The van der Waals surface area contributed by atoms with E-state index in [-0.39, 0.29) is 12.4 Å². The summed E-state index contributed by atoms with van der Waals surface area (Å²) in [5, 5.41) is 10.6. The van der Waals surface area contributed by atoms with Crippen LogP contribution in [0.3, 0.4) is 0 Å². The first-order valence-corrected chi connectivity index (χ1v) is 11.3. The molecule has 0 aliphatic rings. The molecule has 29 heavy (non-hydrogen) atoms. The monoisotopic (exact) mass is 456 g/mol. The summed E-state index contributed by atoms with van der Waals surface area (Å²) >= 11 is 12.0. The van der Waals surface area contributed by atoms with Gasteiger partial charge in [0.15, 0.2) is 9.84 Å². The van der Waals surface area contributed by atoms with Gasteiger partial charge in [-0.3, -0.25) is 4.79 Å². The lowest BCUT2D eigenvalue weighted by atomic mass is 10.1. The summed E-state index contributed by atoms with van der Waals surface area (Å²) in [5.74, 6) is -1.77. The highest BCUT2D eigenvalue weighted by Crippen LogP contribution is 2.28. The van der Waals surface area contributed by atoms with Crippen LogP contribution in [0.4, 0.5) is 0 Å². The van der Waals surface area contributed by atoms with Crippen molar-refractivity contribution in [2.24, 2.45) is 0 Å². The molecule has 1 N–H and O–H groups in total. The van der Waals surface area contributed by atoms with E-state index in [1.807, 2.05) is 6.07 Å². The molecule has 154 valence electrons. The van der Waals surface area contributed by atoms with E-state index in [1.54, 1.807) is 36.6 Å². The van der Waals surface area contributed by atoms with E-state index in [0.29, 0.717) is 34.2 Å². The van der Waals surface area contributed by atoms with Crippen molar-refractivity contribution in [1.29, 1.82) is 0 Å². The molecular formula is C20H18Cl2O6S. The van der Waals surface area contributed by atoms with Gasteiger partial charge in [0.25, 0.3) is 0 Å². The van der Waals surface area contributed by atoms with E-state index < -0.39 is 21.6 Å². The summed E-state index contributed by atoms with van der Waals surface area (Å²) in [6.07, 6.45) is 2.36. The number of hydrogen-bond donors (Lipinski definition) is 1. The zero-order chi connectivity index (χ0) is 21.0. The smallest absolute Gasteiger partial charge is 0.318 e. The van der Waals surface area contributed by atoms with Crippen LogP contribution in [0, 0.1) is 0 Å². The largest absolute Gasteiger partial charge is 0.489 e. The number of carbonyl (C=O) groups is 1. The minimum atomic E-state index is -3.60. The summed E-state index contributed by atoms with van der Waals surface area (Å²) < 4.78 is 34.7. The van der Waals surface area contributed by atoms with E-state index >= 15 is 0 Å². The second-order valence-corrected chi connectivity index (χ2v) is 9.56. The van der Waals surface area contributed by atoms with Gasteiger partial charge in [-0.2, -0.15) is 0 Å². The van der Waals surface area contributed by atoms with Crippen LogP contribution < -0.4 is 4.74 Å². The minimum Gasteiger partial charge on any atom is -0.489 e. The van der Waals surface area contributed by atoms with Crippen molar-refractivity contribution in [3.05, 3.63) is 63.8 Å². The molecule has 0 fully saturated rings. The van der Waals surface area contributed by atoms with Crippen LogP contribution >= 0.6 is 23.2 Å². The van der Waals surface area contributed by atoms with Crippen LogP contribution in [-0.2, 0) is 27.7 Å². The predicted octanol–water partition coefficient (Wildman–Crippen LogP) is 4.75. The number of aliphatic carboxylic acids is 1. The number of carboxylic acid groups (broad SMARTS) is 1. The zero-order valence-electron chi connectivity index (χ0n) is 15.2.